The Hall–Kier alpha value is -2.64. The lowest BCUT2D eigenvalue weighted by Gasteiger charge is -2.27. The molecule has 2 aromatic rings. The van der Waals surface area contributed by atoms with Crippen LogP contribution >= 0.6 is 0 Å². The van der Waals surface area contributed by atoms with Gasteiger partial charge < -0.3 is 19.5 Å². The highest BCUT2D eigenvalue weighted by molar-refractivity contribution is 5.80. The first-order valence-corrected chi connectivity index (χ1v) is 9.76. The van der Waals surface area contributed by atoms with Crippen molar-refractivity contribution in [3.63, 3.8) is 0 Å². The number of carbonyl (C=O) groups excluding carboxylic acids is 1. The van der Waals surface area contributed by atoms with E-state index in [-0.39, 0.29) is 30.3 Å². The molecule has 6 nitrogen and oxygen atoms in total. The smallest absolute Gasteiger partial charge is 0.227 e. The Balaban J connectivity index is 1.47. The molecule has 0 spiro atoms. The van der Waals surface area contributed by atoms with E-state index in [4.69, 9.17) is 14.2 Å². The minimum Gasteiger partial charge on any atom is -0.493 e. The van der Waals surface area contributed by atoms with Crippen LogP contribution in [0, 0.1) is 11.7 Å². The van der Waals surface area contributed by atoms with Gasteiger partial charge in [0.15, 0.2) is 11.5 Å². The van der Waals surface area contributed by atoms with Gasteiger partial charge in [0.2, 0.25) is 5.91 Å². The van der Waals surface area contributed by atoms with Crippen LogP contribution in [0.25, 0.3) is 0 Å². The maximum absolute atomic E-state index is 13.9. The summed E-state index contributed by atoms with van der Waals surface area (Å²) in [6, 6.07) is 12.3. The van der Waals surface area contributed by atoms with Crippen molar-refractivity contribution in [2.45, 2.75) is 19.2 Å². The summed E-state index contributed by atoms with van der Waals surface area (Å²) in [5.74, 6) is 0.790. The highest BCUT2D eigenvalue weighted by atomic mass is 19.1. The van der Waals surface area contributed by atoms with Gasteiger partial charge in [0, 0.05) is 25.2 Å². The van der Waals surface area contributed by atoms with Crippen molar-refractivity contribution in [3.05, 3.63) is 59.4 Å². The Bertz CT molecular complexity index is 876. The molecule has 4 rings (SSSR count). The van der Waals surface area contributed by atoms with E-state index in [0.29, 0.717) is 43.4 Å². The number of hydrogen-bond acceptors (Lipinski definition) is 5. The Kier molecular flexibility index (Phi) is 5.97. The normalized spacial score (nSPS) is 21.9. The maximum Gasteiger partial charge on any atom is 0.227 e. The Labute approximate surface area is 169 Å². The van der Waals surface area contributed by atoms with Crippen molar-refractivity contribution in [2.24, 2.45) is 5.92 Å². The van der Waals surface area contributed by atoms with E-state index >= 15 is 0 Å². The molecule has 2 aliphatic rings. The third kappa shape index (κ3) is 4.68. The number of halogens is 1. The van der Waals surface area contributed by atoms with Crippen LogP contribution in [0.5, 0.6) is 11.5 Å². The number of rotatable bonds is 6. The first kappa shape index (κ1) is 19.7. The molecule has 2 bridgehead atoms. The summed E-state index contributed by atoms with van der Waals surface area (Å²) >= 11 is 0. The zero-order chi connectivity index (χ0) is 20.2. The zero-order valence-corrected chi connectivity index (χ0v) is 16.4. The summed E-state index contributed by atoms with van der Waals surface area (Å²) in [5, 5.41) is 3.04. The van der Waals surface area contributed by atoms with Gasteiger partial charge >= 0.3 is 0 Å². The number of benzene rings is 2. The van der Waals surface area contributed by atoms with E-state index in [1.807, 2.05) is 18.2 Å². The largest absolute Gasteiger partial charge is 0.493 e. The minimum atomic E-state index is -0.293. The van der Waals surface area contributed by atoms with Crippen LogP contribution < -0.4 is 14.8 Å². The van der Waals surface area contributed by atoms with Gasteiger partial charge in [-0.05, 0) is 23.8 Å². The molecule has 2 aliphatic heterocycles. The predicted molar refractivity (Wildman–Crippen MR) is 105 cm³/mol. The average molecular weight is 400 g/mol. The summed E-state index contributed by atoms with van der Waals surface area (Å²) in [6.07, 6.45) is 0. The minimum absolute atomic E-state index is 0.00465. The van der Waals surface area contributed by atoms with Gasteiger partial charge in [0.25, 0.3) is 0 Å². The van der Waals surface area contributed by atoms with Crippen LogP contribution in [-0.4, -0.2) is 50.3 Å². The molecule has 29 heavy (non-hydrogen) atoms. The standard InChI is InChI=1S/C22H25FN2O4/c1-27-20-7-6-15(8-21(20)29-13-16-4-2-3-5-19(16)23)9-25-10-17-12-28-14-18(11-25)24-22(17)26/h2-8,17-18H,9-14H2,1H3,(H,24,26)/t17-,18+/m1/s1. The first-order chi connectivity index (χ1) is 14.1. The fourth-order valence-corrected chi connectivity index (χ4v) is 3.81. The summed E-state index contributed by atoms with van der Waals surface area (Å²) in [4.78, 5) is 14.5. The molecule has 2 saturated heterocycles. The highest BCUT2D eigenvalue weighted by Gasteiger charge is 2.33. The molecule has 2 fully saturated rings. The van der Waals surface area contributed by atoms with Crippen molar-refractivity contribution in [1.82, 2.24) is 10.2 Å². The monoisotopic (exact) mass is 400 g/mol. The quantitative estimate of drug-likeness (QED) is 0.807. The average Bonchev–Trinajstić information content (AvgIpc) is 2.96. The van der Waals surface area contributed by atoms with Crippen LogP contribution in [0.15, 0.2) is 42.5 Å². The molecule has 0 radical (unpaired) electrons. The fourth-order valence-electron chi connectivity index (χ4n) is 3.81. The molecule has 0 aromatic heterocycles. The van der Waals surface area contributed by atoms with Gasteiger partial charge in [-0.15, -0.1) is 0 Å². The predicted octanol–water partition coefficient (Wildman–Crippen LogP) is 2.36. The summed E-state index contributed by atoms with van der Waals surface area (Å²) in [5.41, 5.74) is 1.53. The second-order valence-electron chi connectivity index (χ2n) is 7.50. The third-order valence-corrected chi connectivity index (χ3v) is 5.29. The molecule has 7 heteroatoms. The Morgan fingerprint density at radius 1 is 1.17 bits per heavy atom. The van der Waals surface area contributed by atoms with Crippen LogP contribution in [-0.2, 0) is 22.7 Å². The van der Waals surface area contributed by atoms with E-state index in [2.05, 4.69) is 10.2 Å². The second kappa shape index (κ2) is 8.80. The third-order valence-electron chi connectivity index (χ3n) is 5.29. The van der Waals surface area contributed by atoms with Gasteiger partial charge in [-0.2, -0.15) is 0 Å². The Morgan fingerprint density at radius 2 is 2.03 bits per heavy atom. The molecule has 1 N–H and O–H groups in total. The number of carbonyl (C=O) groups is 1. The molecule has 0 aliphatic carbocycles. The number of methoxy groups -OCH3 is 1. The van der Waals surface area contributed by atoms with Gasteiger partial charge in [-0.25, -0.2) is 4.39 Å². The number of hydrogen-bond donors (Lipinski definition) is 1. The van der Waals surface area contributed by atoms with Crippen molar-refractivity contribution < 1.29 is 23.4 Å². The van der Waals surface area contributed by atoms with E-state index in [0.717, 1.165) is 12.1 Å². The molecule has 2 heterocycles. The van der Waals surface area contributed by atoms with Gasteiger partial charge in [-0.3, -0.25) is 9.69 Å². The van der Waals surface area contributed by atoms with Crippen molar-refractivity contribution >= 4 is 5.91 Å². The molecular weight excluding hydrogens is 375 g/mol. The highest BCUT2D eigenvalue weighted by Crippen LogP contribution is 2.30. The topological polar surface area (TPSA) is 60.0 Å². The number of ether oxygens (including phenoxy) is 3. The van der Waals surface area contributed by atoms with E-state index in [1.165, 1.54) is 6.07 Å². The maximum atomic E-state index is 13.9. The van der Waals surface area contributed by atoms with Crippen LogP contribution in [0.2, 0.25) is 0 Å². The lowest BCUT2D eigenvalue weighted by Crippen LogP contribution is -2.41. The molecule has 2 aromatic carbocycles. The van der Waals surface area contributed by atoms with Crippen LogP contribution in [0.3, 0.4) is 0 Å². The van der Waals surface area contributed by atoms with Gasteiger partial charge in [-0.1, -0.05) is 24.3 Å². The van der Waals surface area contributed by atoms with Crippen molar-refractivity contribution in [1.29, 1.82) is 0 Å². The Morgan fingerprint density at radius 3 is 2.86 bits per heavy atom. The number of amides is 1. The molecule has 0 saturated carbocycles. The summed E-state index contributed by atoms with van der Waals surface area (Å²) in [6.45, 7) is 3.19. The molecule has 154 valence electrons. The van der Waals surface area contributed by atoms with Crippen LogP contribution in [0.1, 0.15) is 11.1 Å². The SMILES string of the molecule is COc1ccc(CN2C[C@H]3COC[C@@H](C2)C(=O)N3)cc1OCc1ccccc1F. The molecule has 0 unspecified atom stereocenters. The van der Waals surface area contributed by atoms with E-state index < -0.39 is 0 Å². The van der Waals surface area contributed by atoms with Gasteiger partial charge in [0.1, 0.15) is 12.4 Å². The van der Waals surface area contributed by atoms with Crippen molar-refractivity contribution in [3.8, 4) is 11.5 Å². The lowest BCUT2D eigenvalue weighted by atomic mass is 10.1. The summed E-state index contributed by atoms with van der Waals surface area (Å²) in [7, 11) is 1.58. The number of nitrogens with one attached hydrogen (secondary N) is 1. The zero-order valence-electron chi connectivity index (χ0n) is 16.4. The van der Waals surface area contributed by atoms with Crippen LogP contribution in [0.4, 0.5) is 4.39 Å². The van der Waals surface area contributed by atoms with Crippen molar-refractivity contribution in [2.75, 3.05) is 33.4 Å². The lowest BCUT2D eigenvalue weighted by molar-refractivity contribution is -0.125. The molecule has 1 amide bonds. The summed E-state index contributed by atoms with van der Waals surface area (Å²) < 4.78 is 30.7. The van der Waals surface area contributed by atoms with E-state index in [1.54, 1.807) is 25.3 Å². The molecular formula is C22H25FN2O4. The number of fused-ring (bicyclic) bond motifs is 3. The van der Waals surface area contributed by atoms with Gasteiger partial charge in [0.05, 0.1) is 32.3 Å². The fraction of sp³-hybridized carbons (Fsp3) is 0.409. The molecule has 2 atom stereocenters. The number of nitrogens with zero attached hydrogens (tertiary/aromatic N) is 1. The van der Waals surface area contributed by atoms with E-state index in [9.17, 15) is 9.18 Å². The first-order valence-electron chi connectivity index (χ1n) is 9.76. The second-order valence-corrected chi connectivity index (χ2v) is 7.50.